The predicted molar refractivity (Wildman–Crippen MR) is 53.6 cm³/mol. The third-order valence-corrected chi connectivity index (χ3v) is 2.03. The van der Waals surface area contributed by atoms with Crippen LogP contribution in [0.4, 0.5) is 4.39 Å². The molecule has 0 fully saturated rings. The first-order valence-corrected chi connectivity index (χ1v) is 4.62. The van der Waals surface area contributed by atoms with Crippen LogP contribution in [-0.4, -0.2) is 13.2 Å². The average Bonchev–Trinajstić information content (AvgIpc) is 2.15. The zero-order valence-corrected chi connectivity index (χ0v) is 8.74. The van der Waals surface area contributed by atoms with Gasteiger partial charge in [-0.3, -0.25) is 0 Å². The van der Waals surface area contributed by atoms with Crippen molar-refractivity contribution in [1.29, 1.82) is 0 Å². The van der Waals surface area contributed by atoms with Crippen LogP contribution in [0.2, 0.25) is 0 Å². The molecular formula is C8H7BrFN3O. The summed E-state index contributed by atoms with van der Waals surface area (Å²) in [5.74, 6) is 0.193. The van der Waals surface area contributed by atoms with E-state index in [0.29, 0.717) is 10.2 Å². The molecule has 0 radical (unpaired) electrons. The SMILES string of the molecule is [N-]=[N+]=NCCOc1ccc(F)cc1Br. The summed E-state index contributed by atoms with van der Waals surface area (Å²) in [6.45, 7) is 0.522. The minimum absolute atomic E-state index is 0.250. The lowest BCUT2D eigenvalue weighted by molar-refractivity contribution is 0.325. The van der Waals surface area contributed by atoms with E-state index in [1.165, 1.54) is 18.2 Å². The molecule has 0 atom stereocenters. The molecule has 74 valence electrons. The molecule has 0 aromatic heterocycles. The summed E-state index contributed by atoms with van der Waals surface area (Å²) in [4.78, 5) is 2.58. The van der Waals surface area contributed by atoms with Gasteiger partial charge in [0, 0.05) is 4.91 Å². The highest BCUT2D eigenvalue weighted by molar-refractivity contribution is 9.10. The Labute approximate surface area is 88.4 Å². The number of benzene rings is 1. The van der Waals surface area contributed by atoms with Crippen molar-refractivity contribution in [2.75, 3.05) is 13.2 Å². The number of ether oxygens (including phenoxy) is 1. The second-order valence-electron chi connectivity index (χ2n) is 2.38. The van der Waals surface area contributed by atoms with Crippen molar-refractivity contribution >= 4 is 15.9 Å². The summed E-state index contributed by atoms with van der Waals surface area (Å²) < 4.78 is 18.4. The lowest BCUT2D eigenvalue weighted by Crippen LogP contribution is -2.00. The fourth-order valence-electron chi connectivity index (χ4n) is 0.833. The molecular weight excluding hydrogens is 253 g/mol. The van der Waals surface area contributed by atoms with Gasteiger partial charge >= 0.3 is 0 Å². The Hall–Kier alpha value is -1.26. The zero-order valence-electron chi connectivity index (χ0n) is 7.15. The first-order valence-electron chi connectivity index (χ1n) is 3.83. The first kappa shape index (κ1) is 10.8. The second-order valence-corrected chi connectivity index (χ2v) is 3.23. The van der Waals surface area contributed by atoms with Crippen LogP contribution in [0.1, 0.15) is 0 Å². The van der Waals surface area contributed by atoms with Gasteiger partial charge in [0.25, 0.3) is 0 Å². The monoisotopic (exact) mass is 259 g/mol. The summed E-state index contributed by atoms with van der Waals surface area (Å²) in [5, 5.41) is 3.30. The van der Waals surface area contributed by atoms with Gasteiger partial charge < -0.3 is 4.74 Å². The zero-order chi connectivity index (χ0) is 10.4. The Morgan fingerprint density at radius 3 is 3.00 bits per heavy atom. The molecule has 4 nitrogen and oxygen atoms in total. The lowest BCUT2D eigenvalue weighted by Gasteiger charge is -2.05. The van der Waals surface area contributed by atoms with E-state index in [4.69, 9.17) is 10.3 Å². The second kappa shape index (κ2) is 5.47. The van der Waals surface area contributed by atoms with Gasteiger partial charge in [-0.2, -0.15) is 0 Å². The van der Waals surface area contributed by atoms with Gasteiger partial charge in [-0.15, -0.1) is 0 Å². The van der Waals surface area contributed by atoms with Gasteiger partial charge in [-0.25, -0.2) is 4.39 Å². The maximum atomic E-state index is 12.6. The molecule has 1 aromatic rings. The van der Waals surface area contributed by atoms with E-state index in [1.807, 2.05) is 0 Å². The molecule has 0 saturated carbocycles. The molecule has 0 spiro atoms. The summed E-state index contributed by atoms with van der Waals surface area (Å²) in [6.07, 6.45) is 0. The van der Waals surface area contributed by atoms with E-state index < -0.39 is 0 Å². The van der Waals surface area contributed by atoms with Crippen LogP contribution < -0.4 is 4.74 Å². The Morgan fingerprint density at radius 2 is 2.36 bits per heavy atom. The van der Waals surface area contributed by atoms with Gasteiger partial charge in [-0.1, -0.05) is 5.11 Å². The van der Waals surface area contributed by atoms with Crippen molar-refractivity contribution in [3.63, 3.8) is 0 Å². The van der Waals surface area contributed by atoms with Gasteiger partial charge in [0.1, 0.15) is 11.6 Å². The van der Waals surface area contributed by atoms with E-state index >= 15 is 0 Å². The molecule has 0 amide bonds. The van der Waals surface area contributed by atoms with Crippen molar-refractivity contribution in [3.8, 4) is 5.75 Å². The van der Waals surface area contributed by atoms with E-state index in [-0.39, 0.29) is 19.0 Å². The first-order chi connectivity index (χ1) is 6.74. The largest absolute Gasteiger partial charge is 0.492 e. The van der Waals surface area contributed by atoms with Gasteiger partial charge in [-0.05, 0) is 39.7 Å². The van der Waals surface area contributed by atoms with Crippen molar-refractivity contribution in [2.45, 2.75) is 0 Å². The molecule has 1 rings (SSSR count). The third-order valence-electron chi connectivity index (χ3n) is 1.41. The minimum Gasteiger partial charge on any atom is -0.492 e. The highest BCUT2D eigenvalue weighted by Gasteiger charge is 2.01. The maximum absolute atomic E-state index is 12.6. The van der Waals surface area contributed by atoms with E-state index in [1.54, 1.807) is 0 Å². The normalized spacial score (nSPS) is 9.29. The fourth-order valence-corrected chi connectivity index (χ4v) is 1.30. The number of hydrogen-bond donors (Lipinski definition) is 0. The van der Waals surface area contributed by atoms with Gasteiger partial charge in [0.2, 0.25) is 0 Å². The number of hydrogen-bond acceptors (Lipinski definition) is 2. The molecule has 0 aliphatic carbocycles. The van der Waals surface area contributed by atoms with Crippen LogP contribution in [0.5, 0.6) is 5.75 Å². The Kier molecular flexibility index (Phi) is 4.22. The third kappa shape index (κ3) is 3.24. The van der Waals surface area contributed by atoms with Crippen LogP contribution in [-0.2, 0) is 0 Å². The Morgan fingerprint density at radius 1 is 1.57 bits per heavy atom. The molecule has 0 N–H and O–H groups in total. The number of rotatable bonds is 4. The quantitative estimate of drug-likeness (QED) is 0.354. The summed E-state index contributed by atoms with van der Waals surface area (Å²) >= 11 is 3.15. The number of azide groups is 1. The van der Waals surface area contributed by atoms with Crippen molar-refractivity contribution in [3.05, 3.63) is 38.9 Å². The van der Waals surface area contributed by atoms with E-state index in [2.05, 4.69) is 26.0 Å². The predicted octanol–water partition coefficient (Wildman–Crippen LogP) is 3.28. The highest BCUT2D eigenvalue weighted by Crippen LogP contribution is 2.25. The average molecular weight is 260 g/mol. The highest BCUT2D eigenvalue weighted by atomic mass is 79.9. The van der Waals surface area contributed by atoms with Crippen molar-refractivity contribution < 1.29 is 9.13 Å². The Bertz CT molecular complexity index is 366. The lowest BCUT2D eigenvalue weighted by atomic mass is 10.3. The van der Waals surface area contributed by atoms with E-state index in [9.17, 15) is 4.39 Å². The van der Waals surface area contributed by atoms with Gasteiger partial charge in [0.05, 0.1) is 17.6 Å². The van der Waals surface area contributed by atoms with Crippen LogP contribution in [0, 0.1) is 5.82 Å². The van der Waals surface area contributed by atoms with Crippen LogP contribution in [0.25, 0.3) is 10.4 Å². The maximum Gasteiger partial charge on any atom is 0.133 e. The molecule has 14 heavy (non-hydrogen) atoms. The van der Waals surface area contributed by atoms with Crippen LogP contribution in [0.3, 0.4) is 0 Å². The van der Waals surface area contributed by atoms with Gasteiger partial charge in [0.15, 0.2) is 0 Å². The van der Waals surface area contributed by atoms with E-state index in [0.717, 1.165) is 0 Å². The summed E-state index contributed by atoms with van der Waals surface area (Å²) in [6, 6.07) is 4.12. The van der Waals surface area contributed by atoms with Crippen molar-refractivity contribution in [1.82, 2.24) is 0 Å². The van der Waals surface area contributed by atoms with Crippen molar-refractivity contribution in [2.24, 2.45) is 5.11 Å². The smallest absolute Gasteiger partial charge is 0.133 e. The Balaban J connectivity index is 2.54. The minimum atomic E-state index is -0.334. The molecule has 0 saturated heterocycles. The molecule has 0 aliphatic rings. The summed E-state index contributed by atoms with van der Waals surface area (Å²) in [5.41, 5.74) is 8.00. The topological polar surface area (TPSA) is 58.0 Å². The van der Waals surface area contributed by atoms with Crippen LogP contribution in [0.15, 0.2) is 27.8 Å². The van der Waals surface area contributed by atoms with Crippen LogP contribution >= 0.6 is 15.9 Å². The standard InChI is InChI=1S/C8H7BrFN3O/c9-7-5-6(10)1-2-8(7)14-4-3-12-13-11/h1-2,5H,3-4H2. The fraction of sp³-hybridized carbons (Fsp3) is 0.250. The molecule has 6 heteroatoms. The number of nitrogens with zero attached hydrogens (tertiary/aromatic N) is 3. The molecule has 0 bridgehead atoms. The molecule has 0 unspecified atom stereocenters. The molecule has 0 aliphatic heterocycles. The summed E-state index contributed by atoms with van der Waals surface area (Å²) in [7, 11) is 0. The molecule has 1 aromatic carbocycles. The number of halogens is 2. The molecule has 0 heterocycles.